The third-order valence-corrected chi connectivity index (χ3v) is 3.46. The zero-order valence-corrected chi connectivity index (χ0v) is 9.00. The molecule has 16 heavy (non-hydrogen) atoms. The Labute approximate surface area is 92.6 Å². The fraction of sp³-hybridized carbons (Fsp3) is 0. The van der Waals surface area contributed by atoms with Crippen LogP contribution < -0.4 is 0 Å². The van der Waals surface area contributed by atoms with Gasteiger partial charge in [0.15, 0.2) is 0 Å². The van der Waals surface area contributed by atoms with E-state index in [0.29, 0.717) is 0 Å². The van der Waals surface area contributed by atoms with E-state index >= 15 is 0 Å². The highest BCUT2D eigenvalue weighted by molar-refractivity contribution is 7.87. The summed E-state index contributed by atoms with van der Waals surface area (Å²) in [6, 6.07) is 8.54. The topological polar surface area (TPSA) is 43.4 Å². The van der Waals surface area contributed by atoms with Gasteiger partial charge in [-0.15, -0.1) is 0 Å². The first-order valence-electron chi connectivity index (χ1n) is 4.42. The van der Waals surface area contributed by atoms with Crippen LogP contribution in [0.5, 0.6) is 0 Å². The lowest BCUT2D eigenvalue weighted by atomic mass is 10.1. The van der Waals surface area contributed by atoms with Gasteiger partial charge in [-0.05, 0) is 12.1 Å². The van der Waals surface area contributed by atoms with Crippen LogP contribution >= 0.6 is 0 Å². The summed E-state index contributed by atoms with van der Waals surface area (Å²) in [7, 11) is -1.04. The summed E-state index contributed by atoms with van der Waals surface area (Å²) in [4.78, 5) is -0.0838. The lowest BCUT2D eigenvalue weighted by Crippen LogP contribution is -2.02. The summed E-state index contributed by atoms with van der Waals surface area (Å²) in [5, 5.41) is 0.520. The van der Waals surface area contributed by atoms with Crippen molar-refractivity contribution in [3.63, 3.8) is 0 Å². The monoisotopic (exact) mass is 239 g/mol. The molecule has 0 unspecified atom stereocenters. The van der Waals surface area contributed by atoms with Crippen LogP contribution in [0.3, 0.4) is 0 Å². The molecule has 0 bridgehead atoms. The molecular formula is C11H8FO3S. The van der Waals surface area contributed by atoms with Gasteiger partial charge in [0.2, 0.25) is 0 Å². The first kappa shape index (κ1) is 11.0. The molecule has 2 aromatic carbocycles. The molecule has 5 heteroatoms. The minimum atomic E-state index is -3.92. The van der Waals surface area contributed by atoms with Gasteiger partial charge in [0.25, 0.3) is 10.1 Å². The van der Waals surface area contributed by atoms with E-state index < -0.39 is 15.9 Å². The Morgan fingerprint density at radius 3 is 2.38 bits per heavy atom. The number of rotatable bonds is 2. The van der Waals surface area contributed by atoms with E-state index in [1.54, 1.807) is 0 Å². The van der Waals surface area contributed by atoms with Crippen LogP contribution in [-0.4, -0.2) is 8.42 Å². The molecule has 0 atom stereocenters. The van der Waals surface area contributed by atoms with Gasteiger partial charge < -0.3 is 0 Å². The average Bonchev–Trinajstić information content (AvgIpc) is 2.29. The van der Waals surface area contributed by atoms with Crippen LogP contribution in [0.4, 0.5) is 4.39 Å². The standard InChI is InChI=1S/C11H8FO3S/c1-15-16(13,14)11-7-3-4-8-9(11)5-2-6-10(8)12/h2-7H,1H2. The predicted molar refractivity (Wildman–Crippen MR) is 57.5 cm³/mol. The first-order valence-corrected chi connectivity index (χ1v) is 5.83. The smallest absolute Gasteiger partial charge is 0.264 e. The Bertz CT molecular complexity index is 635. The number of hydrogen-bond donors (Lipinski definition) is 0. The summed E-state index contributed by atoms with van der Waals surface area (Å²) in [6.45, 7) is 0. The van der Waals surface area contributed by atoms with Gasteiger partial charge in [-0.3, -0.25) is 4.18 Å². The maximum Gasteiger partial charge on any atom is 0.297 e. The number of fused-ring (bicyclic) bond motifs is 1. The van der Waals surface area contributed by atoms with Gasteiger partial charge in [-0.1, -0.05) is 24.3 Å². The minimum absolute atomic E-state index is 0.0838. The molecule has 0 N–H and O–H groups in total. The van der Waals surface area contributed by atoms with Gasteiger partial charge in [0, 0.05) is 10.8 Å². The SMILES string of the molecule is [CH2]OS(=O)(=O)c1cccc2c(F)cccc12. The predicted octanol–water partition coefficient (Wildman–Crippen LogP) is 2.48. The first-order chi connectivity index (χ1) is 7.56. The Balaban J connectivity index is 2.88. The average molecular weight is 239 g/mol. The second-order valence-corrected chi connectivity index (χ2v) is 4.75. The van der Waals surface area contributed by atoms with Crippen molar-refractivity contribution in [1.82, 2.24) is 0 Å². The van der Waals surface area contributed by atoms with Crippen LogP contribution in [-0.2, 0) is 14.3 Å². The zero-order valence-electron chi connectivity index (χ0n) is 8.18. The third-order valence-electron chi connectivity index (χ3n) is 2.25. The Morgan fingerprint density at radius 1 is 1.06 bits per heavy atom. The van der Waals surface area contributed by atoms with Gasteiger partial charge in [-0.2, -0.15) is 8.42 Å². The molecule has 0 saturated carbocycles. The van der Waals surface area contributed by atoms with Crippen LogP contribution in [0.2, 0.25) is 0 Å². The van der Waals surface area contributed by atoms with E-state index in [-0.39, 0.29) is 15.7 Å². The van der Waals surface area contributed by atoms with Crippen molar-refractivity contribution >= 4 is 20.9 Å². The molecule has 0 fully saturated rings. The van der Waals surface area contributed by atoms with Gasteiger partial charge in [0.1, 0.15) is 10.7 Å². The highest BCUT2D eigenvalue weighted by Gasteiger charge is 2.17. The van der Waals surface area contributed by atoms with E-state index in [4.69, 9.17) is 0 Å². The largest absolute Gasteiger partial charge is 0.297 e. The van der Waals surface area contributed by atoms with Crippen molar-refractivity contribution < 1.29 is 17.0 Å². The summed E-state index contributed by atoms with van der Waals surface area (Å²) in [5.41, 5.74) is 0. The van der Waals surface area contributed by atoms with Crippen LogP contribution in [0.25, 0.3) is 10.8 Å². The normalized spacial score (nSPS) is 11.9. The fourth-order valence-electron chi connectivity index (χ4n) is 1.52. The molecule has 0 aliphatic rings. The minimum Gasteiger partial charge on any atom is -0.264 e. The van der Waals surface area contributed by atoms with Crippen molar-refractivity contribution in [3.05, 3.63) is 49.3 Å². The lowest BCUT2D eigenvalue weighted by molar-refractivity contribution is 0.439. The van der Waals surface area contributed by atoms with Crippen molar-refractivity contribution in [2.45, 2.75) is 4.90 Å². The van der Waals surface area contributed by atoms with Crippen LogP contribution in [0.15, 0.2) is 41.3 Å². The Hall–Kier alpha value is -1.46. The Morgan fingerprint density at radius 2 is 1.69 bits per heavy atom. The van der Waals surface area contributed by atoms with Gasteiger partial charge in [-0.25, -0.2) is 4.39 Å². The molecule has 0 aromatic heterocycles. The number of benzene rings is 2. The summed E-state index contributed by atoms with van der Waals surface area (Å²) < 4.78 is 40.6. The highest BCUT2D eigenvalue weighted by atomic mass is 32.2. The second kappa shape index (κ2) is 3.84. The Kier molecular flexibility index (Phi) is 2.65. The number of halogens is 1. The van der Waals surface area contributed by atoms with Crippen molar-refractivity contribution in [1.29, 1.82) is 0 Å². The molecular weight excluding hydrogens is 231 g/mol. The van der Waals surface area contributed by atoms with Crippen molar-refractivity contribution in [3.8, 4) is 0 Å². The molecule has 0 aliphatic heterocycles. The lowest BCUT2D eigenvalue weighted by Gasteiger charge is -2.06. The summed E-state index contributed by atoms with van der Waals surface area (Å²) in [6.07, 6.45) is 0. The van der Waals surface area contributed by atoms with Crippen molar-refractivity contribution in [2.75, 3.05) is 0 Å². The molecule has 83 valence electrons. The molecule has 0 heterocycles. The molecule has 2 aromatic rings. The summed E-state index contributed by atoms with van der Waals surface area (Å²) in [5.74, 6) is -0.474. The maximum absolute atomic E-state index is 13.4. The quantitative estimate of drug-likeness (QED) is 0.756. The van der Waals surface area contributed by atoms with Gasteiger partial charge >= 0.3 is 0 Å². The molecule has 3 nitrogen and oxygen atoms in total. The fourth-order valence-corrected chi connectivity index (χ4v) is 2.34. The zero-order chi connectivity index (χ0) is 11.8. The molecule has 2 rings (SSSR count). The van der Waals surface area contributed by atoms with E-state index in [9.17, 15) is 12.8 Å². The van der Waals surface area contributed by atoms with Gasteiger partial charge in [0.05, 0.1) is 7.11 Å². The second-order valence-electron chi connectivity index (χ2n) is 3.16. The van der Waals surface area contributed by atoms with E-state index in [2.05, 4.69) is 11.3 Å². The van der Waals surface area contributed by atoms with E-state index in [0.717, 1.165) is 0 Å². The molecule has 0 spiro atoms. The molecule has 0 amide bonds. The molecule has 0 saturated heterocycles. The highest BCUT2D eigenvalue weighted by Crippen LogP contribution is 2.25. The van der Waals surface area contributed by atoms with E-state index in [1.807, 2.05) is 0 Å². The van der Waals surface area contributed by atoms with Crippen LogP contribution in [0.1, 0.15) is 0 Å². The number of hydrogen-bond acceptors (Lipinski definition) is 3. The van der Waals surface area contributed by atoms with Crippen LogP contribution in [0, 0.1) is 12.9 Å². The van der Waals surface area contributed by atoms with Crippen molar-refractivity contribution in [2.24, 2.45) is 0 Å². The third kappa shape index (κ3) is 1.68. The molecule has 0 aliphatic carbocycles. The molecule has 1 radical (unpaired) electrons. The summed E-state index contributed by atoms with van der Waals surface area (Å²) >= 11 is 0. The van der Waals surface area contributed by atoms with E-state index in [1.165, 1.54) is 36.4 Å². The maximum atomic E-state index is 13.4.